The second kappa shape index (κ2) is 9.90. The lowest BCUT2D eigenvalue weighted by Crippen LogP contribution is -2.32. The van der Waals surface area contributed by atoms with Gasteiger partial charge in [-0.15, -0.1) is 0 Å². The summed E-state index contributed by atoms with van der Waals surface area (Å²) in [5.74, 6) is 0.731. The maximum absolute atomic E-state index is 13.3. The van der Waals surface area contributed by atoms with Crippen LogP contribution in [0.15, 0.2) is 35.4 Å². The fourth-order valence-corrected chi connectivity index (χ4v) is 4.91. The Balaban J connectivity index is 1.42. The van der Waals surface area contributed by atoms with Crippen molar-refractivity contribution in [3.63, 3.8) is 0 Å². The van der Waals surface area contributed by atoms with Gasteiger partial charge < -0.3 is 30.4 Å². The number of amides is 1. The standard InChI is InChI=1S/C25H33N7O4/c1-26-21-12-20(29-19-7-4-10-31(24(19)35)16-5-3-6-17(11-16)36-2)30-22-18(13-28-32(21)22)23(34)27-14-25(15-33)8-9-25/h4,7,10,12-13,16-17,26,33H,3,5-6,8-9,11,14-15H2,1-2H3,(H,27,34)(H,29,30)/t16-,17+/m1/s1. The number of aliphatic hydroxyl groups excluding tert-OH is 1. The van der Waals surface area contributed by atoms with Gasteiger partial charge in [-0.25, -0.2) is 4.98 Å². The van der Waals surface area contributed by atoms with E-state index in [1.807, 2.05) is 12.3 Å². The summed E-state index contributed by atoms with van der Waals surface area (Å²) in [5.41, 5.74) is 0.755. The first kappa shape index (κ1) is 24.3. The van der Waals surface area contributed by atoms with Crippen LogP contribution in [0.3, 0.4) is 0 Å². The van der Waals surface area contributed by atoms with Crippen LogP contribution >= 0.6 is 0 Å². The highest BCUT2D eigenvalue weighted by molar-refractivity contribution is 6.00. The minimum absolute atomic E-state index is 0.0554. The summed E-state index contributed by atoms with van der Waals surface area (Å²) in [6.07, 6.45) is 9.03. The summed E-state index contributed by atoms with van der Waals surface area (Å²) in [6, 6.07) is 5.41. The second-order valence-electron chi connectivity index (χ2n) is 9.85. The number of hydrogen-bond acceptors (Lipinski definition) is 8. The average molecular weight is 496 g/mol. The van der Waals surface area contributed by atoms with Gasteiger partial charge in [0.15, 0.2) is 5.65 Å². The molecular formula is C25H33N7O4. The fourth-order valence-electron chi connectivity index (χ4n) is 4.91. The highest BCUT2D eigenvalue weighted by atomic mass is 16.5. The van der Waals surface area contributed by atoms with E-state index >= 15 is 0 Å². The third-order valence-corrected chi connectivity index (χ3v) is 7.45. The summed E-state index contributed by atoms with van der Waals surface area (Å²) < 4.78 is 8.87. The first-order valence-corrected chi connectivity index (χ1v) is 12.4. The molecule has 2 fully saturated rings. The van der Waals surface area contributed by atoms with Gasteiger partial charge in [-0.3, -0.25) is 9.59 Å². The number of anilines is 3. The molecule has 4 N–H and O–H groups in total. The minimum Gasteiger partial charge on any atom is -0.396 e. The molecule has 11 nitrogen and oxygen atoms in total. The molecular weight excluding hydrogens is 462 g/mol. The normalized spacial score (nSPS) is 20.8. The maximum atomic E-state index is 13.3. The molecule has 11 heteroatoms. The van der Waals surface area contributed by atoms with Crippen molar-refractivity contribution in [1.82, 2.24) is 24.5 Å². The van der Waals surface area contributed by atoms with Gasteiger partial charge >= 0.3 is 0 Å². The van der Waals surface area contributed by atoms with E-state index in [4.69, 9.17) is 4.74 Å². The summed E-state index contributed by atoms with van der Waals surface area (Å²) >= 11 is 0. The number of pyridine rings is 1. The van der Waals surface area contributed by atoms with E-state index in [2.05, 4.69) is 26.0 Å². The largest absolute Gasteiger partial charge is 0.396 e. The van der Waals surface area contributed by atoms with E-state index < -0.39 is 0 Å². The summed E-state index contributed by atoms with van der Waals surface area (Å²) in [7, 11) is 3.47. The Morgan fingerprint density at radius 2 is 2.17 bits per heavy atom. The van der Waals surface area contributed by atoms with Gasteiger partial charge in [0.1, 0.15) is 22.9 Å². The van der Waals surface area contributed by atoms with Crippen LogP contribution in [0.5, 0.6) is 0 Å². The zero-order chi connectivity index (χ0) is 25.3. The zero-order valence-electron chi connectivity index (χ0n) is 20.7. The first-order valence-electron chi connectivity index (χ1n) is 12.4. The number of aromatic nitrogens is 4. The molecule has 0 radical (unpaired) electrons. The molecule has 0 unspecified atom stereocenters. The predicted octanol–water partition coefficient (Wildman–Crippen LogP) is 2.31. The van der Waals surface area contributed by atoms with Crippen molar-refractivity contribution in [2.75, 3.05) is 37.9 Å². The van der Waals surface area contributed by atoms with Crippen LogP contribution in [0, 0.1) is 5.41 Å². The summed E-state index contributed by atoms with van der Waals surface area (Å²) in [6.45, 7) is 0.463. The molecule has 36 heavy (non-hydrogen) atoms. The van der Waals surface area contributed by atoms with Crippen molar-refractivity contribution in [2.45, 2.75) is 50.7 Å². The van der Waals surface area contributed by atoms with Crippen molar-refractivity contribution < 1.29 is 14.6 Å². The van der Waals surface area contributed by atoms with Crippen LogP contribution in [0.25, 0.3) is 5.65 Å². The van der Waals surface area contributed by atoms with Gasteiger partial charge in [0, 0.05) is 44.4 Å². The molecule has 3 heterocycles. The number of hydrogen-bond donors (Lipinski definition) is 4. The lowest BCUT2D eigenvalue weighted by Gasteiger charge is -2.29. The van der Waals surface area contributed by atoms with Crippen LogP contribution in [0.2, 0.25) is 0 Å². The molecule has 2 atom stereocenters. The number of rotatable bonds is 9. The summed E-state index contributed by atoms with van der Waals surface area (Å²) in [5, 5.41) is 23.0. The van der Waals surface area contributed by atoms with Crippen LogP contribution < -0.4 is 21.5 Å². The smallest absolute Gasteiger partial charge is 0.274 e. The fraction of sp³-hybridized carbons (Fsp3) is 0.520. The van der Waals surface area contributed by atoms with Crippen molar-refractivity contribution in [3.8, 4) is 0 Å². The third-order valence-electron chi connectivity index (χ3n) is 7.45. The molecule has 2 saturated carbocycles. The monoisotopic (exact) mass is 495 g/mol. The molecule has 2 aliphatic carbocycles. The van der Waals surface area contributed by atoms with Crippen LogP contribution in [0.1, 0.15) is 54.9 Å². The van der Waals surface area contributed by atoms with Gasteiger partial charge in [0.05, 0.1) is 18.9 Å². The molecule has 3 aromatic heterocycles. The molecule has 0 aromatic carbocycles. The average Bonchev–Trinajstić information content (AvgIpc) is 3.57. The van der Waals surface area contributed by atoms with Crippen molar-refractivity contribution in [2.24, 2.45) is 5.41 Å². The number of aliphatic hydroxyl groups is 1. The minimum atomic E-state index is -0.302. The molecule has 2 aliphatic rings. The van der Waals surface area contributed by atoms with Gasteiger partial charge in [0.25, 0.3) is 11.5 Å². The van der Waals surface area contributed by atoms with Crippen LogP contribution in [0.4, 0.5) is 17.3 Å². The van der Waals surface area contributed by atoms with E-state index in [0.29, 0.717) is 35.1 Å². The Hall–Kier alpha value is -3.44. The molecule has 5 rings (SSSR count). The first-order chi connectivity index (χ1) is 17.5. The Bertz CT molecular complexity index is 1310. The van der Waals surface area contributed by atoms with Crippen LogP contribution in [-0.4, -0.2) is 63.6 Å². The quantitative estimate of drug-likeness (QED) is 0.355. The Morgan fingerprint density at radius 3 is 2.89 bits per heavy atom. The molecule has 0 spiro atoms. The molecule has 0 bridgehead atoms. The maximum Gasteiger partial charge on any atom is 0.274 e. The number of nitrogens with one attached hydrogen (secondary N) is 3. The molecule has 0 saturated heterocycles. The van der Waals surface area contributed by atoms with E-state index in [9.17, 15) is 14.7 Å². The van der Waals surface area contributed by atoms with Crippen LogP contribution in [-0.2, 0) is 4.74 Å². The Kier molecular flexibility index (Phi) is 6.67. The van der Waals surface area contributed by atoms with Crippen molar-refractivity contribution in [1.29, 1.82) is 0 Å². The van der Waals surface area contributed by atoms with Gasteiger partial charge in [-0.1, -0.05) is 0 Å². The molecule has 192 valence electrons. The highest BCUT2D eigenvalue weighted by Crippen LogP contribution is 2.44. The predicted molar refractivity (Wildman–Crippen MR) is 136 cm³/mol. The number of carbonyl (C=O) groups excluding carboxylic acids is 1. The zero-order valence-corrected chi connectivity index (χ0v) is 20.7. The Morgan fingerprint density at radius 1 is 1.33 bits per heavy atom. The Labute approximate surface area is 208 Å². The number of fused-ring (bicyclic) bond motifs is 1. The van der Waals surface area contributed by atoms with Crippen molar-refractivity contribution >= 4 is 28.9 Å². The van der Waals surface area contributed by atoms with E-state index in [1.54, 1.807) is 35.4 Å². The van der Waals surface area contributed by atoms with Gasteiger partial charge in [0.2, 0.25) is 0 Å². The number of methoxy groups -OCH3 is 1. The van der Waals surface area contributed by atoms with Crippen molar-refractivity contribution in [3.05, 3.63) is 46.5 Å². The third kappa shape index (κ3) is 4.68. The van der Waals surface area contributed by atoms with Gasteiger partial charge in [-0.2, -0.15) is 9.61 Å². The number of nitrogens with zero attached hydrogens (tertiary/aromatic N) is 4. The topological polar surface area (TPSA) is 135 Å². The number of carbonyl (C=O) groups is 1. The molecule has 1 amide bonds. The van der Waals surface area contributed by atoms with Gasteiger partial charge in [-0.05, 0) is 50.7 Å². The lowest BCUT2D eigenvalue weighted by molar-refractivity contribution is 0.0525. The number of ether oxygens (including phenoxy) is 1. The lowest BCUT2D eigenvalue weighted by atomic mass is 9.92. The highest BCUT2D eigenvalue weighted by Gasteiger charge is 2.42. The van der Waals surface area contributed by atoms with E-state index in [0.717, 1.165) is 38.5 Å². The summed E-state index contributed by atoms with van der Waals surface area (Å²) in [4.78, 5) is 30.9. The molecule has 0 aliphatic heterocycles. The molecule has 3 aromatic rings. The van der Waals surface area contributed by atoms with E-state index in [1.165, 1.54) is 6.20 Å². The SMILES string of the molecule is CNc1cc(Nc2cccn([C@@H]3CCC[C@H](OC)C3)c2=O)nc2c(C(=O)NCC3(CO)CC3)cnn12. The van der Waals surface area contributed by atoms with E-state index in [-0.39, 0.29) is 35.6 Å². The second-order valence-corrected chi connectivity index (χ2v) is 9.85.